The van der Waals surface area contributed by atoms with Gasteiger partial charge in [0.15, 0.2) is 0 Å². The second-order valence-corrected chi connectivity index (χ2v) is 3.52. The fourth-order valence-corrected chi connectivity index (χ4v) is 1.92. The smallest absolute Gasteiger partial charge is 0.415 e. The Bertz CT molecular complexity index is 203. The van der Waals surface area contributed by atoms with Crippen LogP contribution >= 0.6 is 24.0 Å². The molecule has 0 atom stereocenters. The van der Waals surface area contributed by atoms with Crippen LogP contribution < -0.4 is 0 Å². The molecule has 0 heterocycles. The van der Waals surface area contributed by atoms with E-state index in [0.29, 0.717) is 0 Å². The molecule has 6 heteroatoms. The van der Waals surface area contributed by atoms with E-state index in [0.717, 1.165) is 37.0 Å². The highest BCUT2D eigenvalue weighted by atomic mass is 35.5. The Kier molecular flexibility index (Phi) is 5.88. The van der Waals surface area contributed by atoms with Gasteiger partial charge in [0.1, 0.15) is 0 Å². The molecule has 0 bridgehead atoms. The predicted octanol–water partition coefficient (Wildman–Crippen LogP) is 3.08. The molecule has 0 unspecified atom stereocenters. The molecule has 82 valence electrons. The second kappa shape index (κ2) is 6.09. The van der Waals surface area contributed by atoms with Gasteiger partial charge in [0, 0.05) is 6.04 Å². The maximum Gasteiger partial charge on any atom is 0.415 e. The lowest BCUT2D eigenvalue weighted by atomic mass is 9.95. The Balaban J connectivity index is 0.00000169. The Hall–Kier alpha value is -0.480. The summed E-state index contributed by atoms with van der Waals surface area (Å²) in [5, 5.41) is 7.83. The number of carbonyl (C=O) groups is 2. The van der Waals surface area contributed by atoms with E-state index in [2.05, 4.69) is 0 Å². The van der Waals surface area contributed by atoms with Crippen LogP contribution in [0, 0.1) is 0 Å². The summed E-state index contributed by atoms with van der Waals surface area (Å²) in [7, 11) is 0. The normalized spacial score (nSPS) is 16.9. The minimum atomic E-state index is -1.24. The zero-order valence-corrected chi connectivity index (χ0v) is 9.18. The fraction of sp³-hybridized carbons (Fsp3) is 0.750. The van der Waals surface area contributed by atoms with Crippen molar-refractivity contribution in [3.8, 4) is 0 Å². The molecule has 0 radical (unpaired) electrons. The van der Waals surface area contributed by atoms with Crippen molar-refractivity contribution in [2.24, 2.45) is 0 Å². The van der Waals surface area contributed by atoms with Gasteiger partial charge in [-0.2, -0.15) is 0 Å². The number of carboxylic acid groups (broad SMARTS) is 1. The maximum absolute atomic E-state index is 10.8. The van der Waals surface area contributed by atoms with E-state index in [-0.39, 0.29) is 18.4 Å². The molecule has 0 saturated heterocycles. The summed E-state index contributed by atoms with van der Waals surface area (Å²) in [5.41, 5.74) is 0. The van der Waals surface area contributed by atoms with Crippen LogP contribution in [0.15, 0.2) is 0 Å². The van der Waals surface area contributed by atoms with Crippen molar-refractivity contribution in [1.29, 1.82) is 0 Å². The van der Waals surface area contributed by atoms with Gasteiger partial charge in [-0.15, -0.1) is 12.4 Å². The number of imide groups is 1. The van der Waals surface area contributed by atoms with Crippen LogP contribution in [0.3, 0.4) is 0 Å². The van der Waals surface area contributed by atoms with E-state index in [1.165, 1.54) is 0 Å². The van der Waals surface area contributed by atoms with E-state index in [1.54, 1.807) is 0 Å². The van der Waals surface area contributed by atoms with Crippen molar-refractivity contribution in [2.45, 2.75) is 38.1 Å². The lowest BCUT2D eigenvalue weighted by molar-refractivity contribution is 0.130. The van der Waals surface area contributed by atoms with Crippen LogP contribution in [0.4, 0.5) is 9.59 Å². The summed E-state index contributed by atoms with van der Waals surface area (Å²) in [4.78, 5) is 22.2. The van der Waals surface area contributed by atoms with Gasteiger partial charge in [-0.1, -0.05) is 19.3 Å². The van der Waals surface area contributed by atoms with Crippen LogP contribution in [-0.2, 0) is 0 Å². The number of carbonyl (C=O) groups excluding carboxylic acids is 1. The average Bonchev–Trinajstić information content (AvgIpc) is 2.04. The molecule has 14 heavy (non-hydrogen) atoms. The third kappa shape index (κ3) is 3.35. The minimum absolute atomic E-state index is 0. The zero-order chi connectivity index (χ0) is 9.84. The maximum atomic E-state index is 10.8. The molecule has 0 aromatic heterocycles. The lowest BCUT2D eigenvalue weighted by Gasteiger charge is -2.28. The van der Waals surface area contributed by atoms with Gasteiger partial charge < -0.3 is 5.11 Å². The third-order valence-electron chi connectivity index (χ3n) is 2.34. The quantitative estimate of drug-likeness (QED) is 0.567. The van der Waals surface area contributed by atoms with E-state index >= 15 is 0 Å². The van der Waals surface area contributed by atoms with E-state index < -0.39 is 11.5 Å². The van der Waals surface area contributed by atoms with Gasteiger partial charge in [-0.3, -0.25) is 4.79 Å². The number of rotatable bonds is 1. The predicted molar refractivity (Wildman–Crippen MR) is 55.2 cm³/mol. The van der Waals surface area contributed by atoms with Crippen molar-refractivity contribution in [1.82, 2.24) is 4.90 Å². The van der Waals surface area contributed by atoms with Gasteiger partial charge >= 0.3 is 11.5 Å². The number of hydrogen-bond donors (Lipinski definition) is 1. The van der Waals surface area contributed by atoms with Crippen molar-refractivity contribution in [2.75, 3.05) is 0 Å². The Morgan fingerprint density at radius 1 is 1.21 bits per heavy atom. The first-order chi connectivity index (χ1) is 6.13. The minimum Gasteiger partial charge on any atom is -0.465 e. The van der Waals surface area contributed by atoms with Crippen molar-refractivity contribution in [3.63, 3.8) is 0 Å². The molecule has 0 spiro atoms. The van der Waals surface area contributed by atoms with E-state index in [4.69, 9.17) is 16.7 Å². The van der Waals surface area contributed by atoms with Crippen LogP contribution in [0.5, 0.6) is 0 Å². The standard InChI is InChI=1S/C8H12ClNO3.ClH/c9-7(11)10(8(12)13)6-4-2-1-3-5-6;/h6H,1-5H2,(H,12,13);1H. The van der Waals surface area contributed by atoms with Crippen LogP contribution in [0.2, 0.25) is 0 Å². The van der Waals surface area contributed by atoms with Crippen molar-refractivity contribution >= 4 is 35.5 Å². The molecule has 1 aliphatic rings. The van der Waals surface area contributed by atoms with Gasteiger partial charge in [-0.25, -0.2) is 9.69 Å². The summed E-state index contributed by atoms with van der Waals surface area (Å²) < 4.78 is 0. The van der Waals surface area contributed by atoms with E-state index in [1.807, 2.05) is 0 Å². The molecule has 1 N–H and O–H groups in total. The molecular weight excluding hydrogens is 229 g/mol. The lowest BCUT2D eigenvalue weighted by Crippen LogP contribution is -2.42. The van der Waals surface area contributed by atoms with Crippen molar-refractivity contribution < 1.29 is 14.7 Å². The van der Waals surface area contributed by atoms with Gasteiger partial charge in [0.25, 0.3) is 0 Å². The molecule has 1 aliphatic carbocycles. The van der Waals surface area contributed by atoms with Gasteiger partial charge in [-0.05, 0) is 24.4 Å². The third-order valence-corrected chi connectivity index (χ3v) is 2.52. The highest BCUT2D eigenvalue weighted by Gasteiger charge is 2.29. The zero-order valence-electron chi connectivity index (χ0n) is 7.61. The molecular formula is C8H13Cl2NO3. The highest BCUT2D eigenvalue weighted by molar-refractivity contribution is 6.63. The van der Waals surface area contributed by atoms with Crippen LogP contribution in [-0.4, -0.2) is 27.5 Å². The molecule has 4 nitrogen and oxygen atoms in total. The first kappa shape index (κ1) is 13.5. The number of nitrogens with zero attached hydrogens (tertiary/aromatic N) is 1. The molecule has 0 aromatic rings. The SMILES string of the molecule is Cl.O=C(O)N(C(=O)Cl)C1CCCCC1. The Morgan fingerprint density at radius 2 is 1.71 bits per heavy atom. The van der Waals surface area contributed by atoms with Crippen molar-refractivity contribution in [3.05, 3.63) is 0 Å². The molecule has 0 aromatic carbocycles. The highest BCUT2D eigenvalue weighted by Crippen LogP contribution is 2.23. The molecule has 1 fully saturated rings. The largest absolute Gasteiger partial charge is 0.465 e. The average molecular weight is 242 g/mol. The number of halogens is 2. The number of amides is 2. The molecule has 2 amide bonds. The molecule has 1 rings (SSSR count). The summed E-state index contributed by atoms with van der Waals surface area (Å²) >= 11 is 5.18. The Labute approximate surface area is 93.6 Å². The second-order valence-electron chi connectivity index (χ2n) is 3.20. The van der Waals surface area contributed by atoms with Gasteiger partial charge in [0.05, 0.1) is 0 Å². The molecule has 1 saturated carbocycles. The topological polar surface area (TPSA) is 57.6 Å². The summed E-state index contributed by atoms with van der Waals surface area (Å²) in [5.74, 6) is 0. The van der Waals surface area contributed by atoms with E-state index in [9.17, 15) is 9.59 Å². The summed E-state index contributed by atoms with van der Waals surface area (Å²) in [6.45, 7) is 0. The fourth-order valence-electron chi connectivity index (χ4n) is 1.71. The summed E-state index contributed by atoms with van der Waals surface area (Å²) in [6.07, 6.45) is 3.29. The van der Waals surface area contributed by atoms with Crippen LogP contribution in [0.25, 0.3) is 0 Å². The molecule has 0 aliphatic heterocycles. The summed E-state index contributed by atoms with van der Waals surface area (Å²) in [6, 6.07) is -0.212. The van der Waals surface area contributed by atoms with Gasteiger partial charge in [0.2, 0.25) is 0 Å². The first-order valence-corrected chi connectivity index (χ1v) is 4.72. The number of hydrogen-bond acceptors (Lipinski definition) is 2. The first-order valence-electron chi connectivity index (χ1n) is 4.34. The Morgan fingerprint density at radius 3 is 2.07 bits per heavy atom. The van der Waals surface area contributed by atoms with Crippen LogP contribution in [0.1, 0.15) is 32.1 Å². The monoisotopic (exact) mass is 241 g/mol.